The molecule has 1 heterocycles. The lowest BCUT2D eigenvalue weighted by Crippen LogP contribution is -1.96. The number of carbonyl (C=O) groups is 1. The van der Waals surface area contributed by atoms with Gasteiger partial charge in [0.15, 0.2) is 6.29 Å². The molecule has 0 aliphatic rings. The van der Waals surface area contributed by atoms with Gasteiger partial charge in [0.05, 0.1) is 0 Å². The number of carbonyl (C=O) groups excluding carboxylic acids is 1. The average molecular weight is 232 g/mol. The van der Waals surface area contributed by atoms with Crippen LogP contribution >= 0.6 is 0 Å². The minimum absolute atomic E-state index is 0.236. The number of imidazole rings is 1. The van der Waals surface area contributed by atoms with Gasteiger partial charge in [0, 0.05) is 5.69 Å². The second-order valence-electron chi connectivity index (χ2n) is 3.93. The highest BCUT2D eigenvalue weighted by Gasteiger charge is 2.07. The average Bonchev–Trinajstić information content (AvgIpc) is 2.69. The third-order valence-electron chi connectivity index (χ3n) is 2.62. The van der Waals surface area contributed by atoms with Crippen LogP contribution in [0.15, 0.2) is 24.3 Å². The molecule has 0 saturated carbocycles. The lowest BCUT2D eigenvalue weighted by atomic mass is 10.1. The van der Waals surface area contributed by atoms with Crippen molar-refractivity contribution in [2.75, 3.05) is 0 Å². The molecule has 0 fully saturated rings. The molecule has 88 valence electrons. The maximum atomic E-state index is 12.7. The smallest absolute Gasteiger partial charge is 0.170 e. The Morgan fingerprint density at radius 3 is 2.65 bits per heavy atom. The number of aromatic amines is 1. The number of aldehydes is 1. The van der Waals surface area contributed by atoms with Gasteiger partial charge in [-0.05, 0) is 37.5 Å². The molecule has 1 aromatic carbocycles. The number of hydrogen-bond donors (Lipinski definition) is 1. The van der Waals surface area contributed by atoms with Crippen LogP contribution in [0.25, 0.3) is 0 Å². The van der Waals surface area contributed by atoms with Crippen molar-refractivity contribution < 1.29 is 9.18 Å². The topological polar surface area (TPSA) is 45.8 Å². The third kappa shape index (κ3) is 2.78. The van der Waals surface area contributed by atoms with E-state index in [1.165, 1.54) is 12.1 Å². The summed E-state index contributed by atoms with van der Waals surface area (Å²) in [6.45, 7) is 1.81. The highest BCUT2D eigenvalue weighted by molar-refractivity contribution is 5.73. The zero-order valence-corrected chi connectivity index (χ0v) is 9.53. The molecule has 1 N–H and O–H groups in total. The van der Waals surface area contributed by atoms with Crippen LogP contribution in [-0.2, 0) is 12.8 Å². The summed E-state index contributed by atoms with van der Waals surface area (Å²) in [7, 11) is 0. The van der Waals surface area contributed by atoms with Gasteiger partial charge in [0.2, 0.25) is 0 Å². The van der Waals surface area contributed by atoms with Gasteiger partial charge in [-0.3, -0.25) is 4.79 Å². The predicted octanol–water partition coefficient (Wildman–Crippen LogP) is 2.45. The van der Waals surface area contributed by atoms with E-state index in [2.05, 4.69) is 9.97 Å². The van der Waals surface area contributed by atoms with E-state index in [0.717, 1.165) is 29.8 Å². The predicted molar refractivity (Wildman–Crippen MR) is 62.5 cm³/mol. The van der Waals surface area contributed by atoms with Crippen molar-refractivity contribution in [1.29, 1.82) is 0 Å². The largest absolute Gasteiger partial charge is 0.345 e. The number of aromatic nitrogens is 2. The Kier molecular flexibility index (Phi) is 3.32. The van der Waals surface area contributed by atoms with Crippen LogP contribution < -0.4 is 0 Å². The molecule has 2 aromatic rings. The molecule has 3 nitrogen and oxygen atoms in total. The summed E-state index contributed by atoms with van der Waals surface area (Å²) in [4.78, 5) is 17.9. The molecule has 1 aromatic heterocycles. The first kappa shape index (κ1) is 11.5. The fourth-order valence-electron chi connectivity index (χ4n) is 1.77. The third-order valence-corrected chi connectivity index (χ3v) is 2.62. The van der Waals surface area contributed by atoms with Gasteiger partial charge in [-0.2, -0.15) is 0 Å². The number of hydrogen-bond acceptors (Lipinski definition) is 2. The fourth-order valence-corrected chi connectivity index (χ4v) is 1.77. The standard InChI is InChI=1S/C13H13FN2O/c1-9-15-12(13(8-17)16-9)7-4-10-2-5-11(14)6-3-10/h2-3,5-6,8H,4,7H2,1H3,(H,15,16). The van der Waals surface area contributed by atoms with Gasteiger partial charge >= 0.3 is 0 Å². The van der Waals surface area contributed by atoms with Crippen LogP contribution in [0.3, 0.4) is 0 Å². The van der Waals surface area contributed by atoms with Crippen molar-refractivity contribution in [3.63, 3.8) is 0 Å². The van der Waals surface area contributed by atoms with Gasteiger partial charge in [-0.15, -0.1) is 0 Å². The molecule has 0 amide bonds. The Morgan fingerprint density at radius 1 is 1.29 bits per heavy atom. The van der Waals surface area contributed by atoms with Crippen LogP contribution in [0.4, 0.5) is 4.39 Å². The summed E-state index contributed by atoms with van der Waals surface area (Å²) in [5.74, 6) is 0.501. The molecule has 0 aliphatic carbocycles. The lowest BCUT2D eigenvalue weighted by Gasteiger charge is -2.00. The van der Waals surface area contributed by atoms with E-state index < -0.39 is 0 Å². The maximum Gasteiger partial charge on any atom is 0.170 e. The summed E-state index contributed by atoms with van der Waals surface area (Å²) in [5.41, 5.74) is 2.34. The quantitative estimate of drug-likeness (QED) is 0.823. The van der Waals surface area contributed by atoms with Crippen molar-refractivity contribution in [1.82, 2.24) is 9.97 Å². The minimum Gasteiger partial charge on any atom is -0.345 e. The number of benzene rings is 1. The molecule has 0 bridgehead atoms. The molecule has 4 heteroatoms. The molecule has 0 atom stereocenters. The number of H-pyrrole nitrogens is 1. The van der Waals surface area contributed by atoms with Crippen LogP contribution in [0.2, 0.25) is 0 Å². The van der Waals surface area contributed by atoms with E-state index in [9.17, 15) is 9.18 Å². The molecule has 2 rings (SSSR count). The maximum absolute atomic E-state index is 12.7. The summed E-state index contributed by atoms with van der Waals surface area (Å²) in [6, 6.07) is 6.38. The number of rotatable bonds is 4. The first-order valence-electron chi connectivity index (χ1n) is 5.44. The summed E-state index contributed by atoms with van der Waals surface area (Å²) in [5, 5.41) is 0. The molecule has 0 saturated heterocycles. The number of aryl methyl sites for hydroxylation is 3. The Balaban J connectivity index is 2.06. The Hall–Kier alpha value is -1.97. The SMILES string of the molecule is Cc1nc(C=O)c(CCc2ccc(F)cc2)[nH]1. The number of nitrogens with one attached hydrogen (secondary N) is 1. The molecule has 17 heavy (non-hydrogen) atoms. The molecular weight excluding hydrogens is 219 g/mol. The molecule has 0 spiro atoms. The van der Waals surface area contributed by atoms with Crippen molar-refractivity contribution in [2.45, 2.75) is 19.8 Å². The van der Waals surface area contributed by atoms with Gasteiger partial charge in [-0.25, -0.2) is 9.37 Å². The Morgan fingerprint density at radius 2 is 2.00 bits per heavy atom. The van der Waals surface area contributed by atoms with Crippen molar-refractivity contribution in [2.24, 2.45) is 0 Å². The van der Waals surface area contributed by atoms with E-state index in [-0.39, 0.29) is 5.82 Å². The molecule has 0 aliphatic heterocycles. The second-order valence-corrected chi connectivity index (χ2v) is 3.93. The monoisotopic (exact) mass is 232 g/mol. The van der Waals surface area contributed by atoms with Crippen molar-refractivity contribution >= 4 is 6.29 Å². The van der Waals surface area contributed by atoms with Crippen LogP contribution in [0, 0.1) is 12.7 Å². The van der Waals surface area contributed by atoms with E-state index in [0.29, 0.717) is 12.1 Å². The van der Waals surface area contributed by atoms with Gasteiger partial charge in [-0.1, -0.05) is 12.1 Å². The van der Waals surface area contributed by atoms with Crippen LogP contribution in [0.5, 0.6) is 0 Å². The highest BCUT2D eigenvalue weighted by atomic mass is 19.1. The first-order valence-corrected chi connectivity index (χ1v) is 5.44. The van der Waals surface area contributed by atoms with Gasteiger partial charge in [0.25, 0.3) is 0 Å². The lowest BCUT2D eigenvalue weighted by molar-refractivity contribution is 0.111. The van der Waals surface area contributed by atoms with E-state index in [1.54, 1.807) is 12.1 Å². The van der Waals surface area contributed by atoms with E-state index in [1.807, 2.05) is 6.92 Å². The van der Waals surface area contributed by atoms with Crippen LogP contribution in [0.1, 0.15) is 27.6 Å². The van der Waals surface area contributed by atoms with Crippen molar-refractivity contribution in [3.05, 3.63) is 52.9 Å². The first-order chi connectivity index (χ1) is 8.19. The zero-order valence-electron chi connectivity index (χ0n) is 9.53. The van der Waals surface area contributed by atoms with Crippen molar-refractivity contribution in [3.8, 4) is 0 Å². The summed E-state index contributed by atoms with van der Waals surface area (Å²) in [6.07, 6.45) is 2.20. The number of halogens is 1. The fraction of sp³-hybridized carbons (Fsp3) is 0.231. The van der Waals surface area contributed by atoms with E-state index in [4.69, 9.17) is 0 Å². The van der Waals surface area contributed by atoms with Crippen LogP contribution in [-0.4, -0.2) is 16.3 Å². The molecular formula is C13H13FN2O. The van der Waals surface area contributed by atoms with Gasteiger partial charge in [0.1, 0.15) is 17.3 Å². The van der Waals surface area contributed by atoms with Gasteiger partial charge < -0.3 is 4.98 Å². The Labute approximate surface area is 98.7 Å². The minimum atomic E-state index is -0.236. The molecule has 0 unspecified atom stereocenters. The zero-order chi connectivity index (χ0) is 12.3. The normalized spacial score (nSPS) is 10.5. The summed E-state index contributed by atoms with van der Waals surface area (Å²) >= 11 is 0. The highest BCUT2D eigenvalue weighted by Crippen LogP contribution is 2.10. The molecule has 0 radical (unpaired) electrons. The van der Waals surface area contributed by atoms with E-state index >= 15 is 0 Å². The number of nitrogens with zero attached hydrogens (tertiary/aromatic N) is 1. The summed E-state index contributed by atoms with van der Waals surface area (Å²) < 4.78 is 12.7. The second kappa shape index (κ2) is 4.91. The Bertz CT molecular complexity index is 517.